The van der Waals surface area contributed by atoms with Gasteiger partial charge in [0.15, 0.2) is 0 Å². The minimum Gasteiger partial charge on any atom is -0.550 e. The molecule has 1 N–H and O–H groups in total. The second kappa shape index (κ2) is 20.1. The molecule has 0 saturated heterocycles. The Labute approximate surface area is 180 Å². The Morgan fingerprint density at radius 1 is 0.818 bits per heavy atom. The Bertz CT molecular complexity index is 234. The zero-order valence-corrected chi connectivity index (χ0v) is 18.1. The van der Waals surface area contributed by atoms with E-state index in [1.807, 2.05) is 0 Å². The van der Waals surface area contributed by atoms with Crippen LogP contribution in [-0.4, -0.2) is 17.2 Å². The fourth-order valence-corrected chi connectivity index (χ4v) is 2.72. The summed E-state index contributed by atoms with van der Waals surface area (Å²) in [5, 5.41) is 19.8. The first kappa shape index (κ1) is 25.3. The number of hydrogen-bond acceptors (Lipinski definition) is 3. The van der Waals surface area contributed by atoms with Gasteiger partial charge in [-0.15, -0.1) is 0 Å². The Balaban J connectivity index is 0. The molecule has 22 heavy (non-hydrogen) atoms. The van der Waals surface area contributed by atoms with Crippen molar-refractivity contribution < 1.29 is 66.4 Å². The van der Waals surface area contributed by atoms with E-state index in [9.17, 15) is 15.0 Å². The molecule has 0 saturated carbocycles. The van der Waals surface area contributed by atoms with Gasteiger partial charge in [-0.2, -0.15) is 0 Å². The molecule has 0 aromatic carbocycles. The van der Waals surface area contributed by atoms with Crippen LogP contribution in [0.4, 0.5) is 0 Å². The molecule has 1 unspecified atom stereocenters. The van der Waals surface area contributed by atoms with Crippen molar-refractivity contribution in [2.75, 3.05) is 0 Å². The van der Waals surface area contributed by atoms with Crippen LogP contribution in [0.15, 0.2) is 0 Å². The average molecular weight is 339 g/mol. The van der Waals surface area contributed by atoms with E-state index in [0.717, 1.165) is 38.5 Å². The topological polar surface area (TPSA) is 60.4 Å². The summed E-state index contributed by atoms with van der Waals surface area (Å²) in [7, 11) is 0. The van der Waals surface area contributed by atoms with Gasteiger partial charge in [-0.1, -0.05) is 77.6 Å². The molecule has 0 aromatic rings. The number of rotatable bonds is 16. The minimum atomic E-state index is -0.919. The summed E-state index contributed by atoms with van der Waals surface area (Å²) in [4.78, 5) is 10.2. The maximum absolute atomic E-state index is 10.2. The smallest absolute Gasteiger partial charge is 0.550 e. The standard InChI is InChI=1S/C18H36O3.K/c1-2-14-17(19)15-12-10-8-6-4-3-5-7-9-11-13-16-18(20)21;/h17,19H,2-16H2,1H3,(H,20,21);/q;+1/p-1. The Morgan fingerprint density at radius 3 is 1.64 bits per heavy atom. The van der Waals surface area contributed by atoms with E-state index in [0.29, 0.717) is 0 Å². The van der Waals surface area contributed by atoms with Crippen LogP contribution in [0, 0.1) is 0 Å². The third-order valence-corrected chi connectivity index (χ3v) is 4.04. The number of hydrogen-bond donors (Lipinski definition) is 1. The van der Waals surface area contributed by atoms with Gasteiger partial charge >= 0.3 is 51.4 Å². The summed E-state index contributed by atoms with van der Waals surface area (Å²) in [5.74, 6) is -0.919. The zero-order valence-electron chi connectivity index (χ0n) is 14.9. The summed E-state index contributed by atoms with van der Waals surface area (Å²) < 4.78 is 0. The normalized spacial score (nSPS) is 11.9. The van der Waals surface area contributed by atoms with Gasteiger partial charge in [-0.3, -0.25) is 0 Å². The summed E-state index contributed by atoms with van der Waals surface area (Å²) in [6, 6.07) is 0. The minimum absolute atomic E-state index is 0. The summed E-state index contributed by atoms with van der Waals surface area (Å²) >= 11 is 0. The number of aliphatic carboxylic acids is 1. The second-order valence-corrected chi connectivity index (χ2v) is 6.24. The molecule has 1 atom stereocenters. The van der Waals surface area contributed by atoms with Gasteiger partial charge in [0.1, 0.15) is 0 Å². The second-order valence-electron chi connectivity index (χ2n) is 6.24. The van der Waals surface area contributed by atoms with Gasteiger partial charge < -0.3 is 15.0 Å². The molecule has 0 heterocycles. The van der Waals surface area contributed by atoms with E-state index in [1.54, 1.807) is 0 Å². The molecule has 0 radical (unpaired) electrons. The van der Waals surface area contributed by atoms with Crippen molar-refractivity contribution in [3.63, 3.8) is 0 Å². The molecule has 4 heteroatoms. The molecule has 0 bridgehead atoms. The van der Waals surface area contributed by atoms with E-state index in [1.165, 1.54) is 51.4 Å². The van der Waals surface area contributed by atoms with E-state index >= 15 is 0 Å². The zero-order chi connectivity index (χ0) is 15.8. The van der Waals surface area contributed by atoms with Crippen LogP contribution in [-0.2, 0) is 4.79 Å². The molecule has 0 rings (SSSR count). The molecule has 0 aliphatic carbocycles. The van der Waals surface area contributed by atoms with Crippen LogP contribution >= 0.6 is 0 Å². The maximum Gasteiger partial charge on any atom is 1.00 e. The Kier molecular flexibility index (Phi) is 23.1. The van der Waals surface area contributed by atoms with E-state index in [4.69, 9.17) is 0 Å². The first-order valence-electron chi connectivity index (χ1n) is 9.04. The summed E-state index contributed by atoms with van der Waals surface area (Å²) in [6.07, 6.45) is 16.2. The van der Waals surface area contributed by atoms with Gasteiger partial charge in [0, 0.05) is 5.97 Å². The Hall–Kier alpha value is 1.07. The largest absolute Gasteiger partial charge is 1.00 e. The molecule has 0 aliphatic heterocycles. The van der Waals surface area contributed by atoms with E-state index < -0.39 is 5.97 Å². The number of aliphatic hydroxyl groups is 1. The van der Waals surface area contributed by atoms with E-state index in [2.05, 4.69) is 6.92 Å². The third kappa shape index (κ3) is 21.1. The van der Waals surface area contributed by atoms with Crippen molar-refractivity contribution in [2.24, 2.45) is 0 Å². The van der Waals surface area contributed by atoms with Crippen LogP contribution in [0.2, 0.25) is 0 Å². The molecule has 0 amide bonds. The van der Waals surface area contributed by atoms with Gasteiger partial charge in [-0.05, 0) is 25.7 Å². The van der Waals surface area contributed by atoms with Crippen LogP contribution in [0.25, 0.3) is 0 Å². The average Bonchev–Trinajstić information content (AvgIpc) is 2.44. The van der Waals surface area contributed by atoms with Crippen LogP contribution in [0.5, 0.6) is 0 Å². The first-order chi connectivity index (χ1) is 10.2. The molecular formula is C18H35KO3. The predicted molar refractivity (Wildman–Crippen MR) is 85.9 cm³/mol. The molecule has 0 fully saturated rings. The molecule has 0 aliphatic rings. The molecular weight excluding hydrogens is 303 g/mol. The van der Waals surface area contributed by atoms with Gasteiger partial charge in [-0.25, -0.2) is 0 Å². The fourth-order valence-electron chi connectivity index (χ4n) is 2.72. The molecule has 3 nitrogen and oxygen atoms in total. The van der Waals surface area contributed by atoms with Crippen molar-refractivity contribution in [1.82, 2.24) is 0 Å². The monoisotopic (exact) mass is 338 g/mol. The van der Waals surface area contributed by atoms with Crippen molar-refractivity contribution in [2.45, 2.75) is 109 Å². The van der Waals surface area contributed by atoms with Gasteiger partial charge in [0.2, 0.25) is 0 Å². The molecule has 0 spiro atoms. The number of unbranched alkanes of at least 4 members (excludes halogenated alkanes) is 10. The third-order valence-electron chi connectivity index (χ3n) is 4.04. The maximum atomic E-state index is 10.2. The predicted octanol–water partition coefficient (Wildman–Crippen LogP) is 0.973. The SMILES string of the molecule is CCCC(O)CCCCCCCCCCCCCC(=O)[O-].[K+]. The Morgan fingerprint density at radius 2 is 1.23 bits per heavy atom. The summed E-state index contributed by atoms with van der Waals surface area (Å²) in [5.41, 5.74) is 0. The van der Waals surface area contributed by atoms with Gasteiger partial charge in [0.25, 0.3) is 0 Å². The van der Waals surface area contributed by atoms with E-state index in [-0.39, 0.29) is 63.9 Å². The van der Waals surface area contributed by atoms with Crippen molar-refractivity contribution in [3.05, 3.63) is 0 Å². The quantitative estimate of drug-likeness (QED) is 0.337. The van der Waals surface area contributed by atoms with Crippen LogP contribution < -0.4 is 56.5 Å². The number of carboxylic acid groups (broad SMARTS) is 1. The van der Waals surface area contributed by atoms with Crippen molar-refractivity contribution in [1.29, 1.82) is 0 Å². The number of carbonyl (C=O) groups excluding carboxylic acids is 1. The number of carboxylic acids is 1. The van der Waals surface area contributed by atoms with Crippen molar-refractivity contribution in [3.8, 4) is 0 Å². The van der Waals surface area contributed by atoms with Crippen LogP contribution in [0.1, 0.15) is 103 Å². The molecule has 126 valence electrons. The number of carbonyl (C=O) groups is 1. The number of aliphatic hydroxyl groups excluding tert-OH is 1. The van der Waals surface area contributed by atoms with Crippen LogP contribution in [0.3, 0.4) is 0 Å². The van der Waals surface area contributed by atoms with Gasteiger partial charge in [0.05, 0.1) is 6.10 Å². The van der Waals surface area contributed by atoms with Crippen molar-refractivity contribution >= 4 is 5.97 Å². The molecule has 0 aromatic heterocycles. The summed E-state index contributed by atoms with van der Waals surface area (Å²) in [6.45, 7) is 2.12. The fraction of sp³-hybridized carbons (Fsp3) is 0.944. The first-order valence-corrected chi connectivity index (χ1v) is 9.04.